The van der Waals surface area contributed by atoms with Gasteiger partial charge in [0.2, 0.25) is 0 Å². The highest BCUT2D eigenvalue weighted by Crippen LogP contribution is 2.38. The van der Waals surface area contributed by atoms with E-state index in [1.54, 1.807) is 0 Å². The fourth-order valence-corrected chi connectivity index (χ4v) is 2.64. The Morgan fingerprint density at radius 3 is 2.65 bits per heavy atom. The third-order valence-corrected chi connectivity index (χ3v) is 4.00. The minimum absolute atomic E-state index is 0.246. The van der Waals surface area contributed by atoms with E-state index in [2.05, 4.69) is 44.2 Å². The molecule has 0 saturated carbocycles. The maximum absolute atomic E-state index is 6.06. The molecule has 0 aliphatic heterocycles. The average Bonchev–Trinajstić information content (AvgIpc) is 2.39. The molecule has 0 nitrogen and oxygen atoms in total. The van der Waals surface area contributed by atoms with Crippen molar-refractivity contribution in [3.8, 4) is 0 Å². The monoisotopic (exact) mass is 246 g/mol. The lowest BCUT2D eigenvalue weighted by molar-refractivity contribution is 0.452. The van der Waals surface area contributed by atoms with E-state index in [0.717, 1.165) is 24.3 Å². The zero-order chi connectivity index (χ0) is 12.3. The summed E-state index contributed by atoms with van der Waals surface area (Å²) in [5, 5.41) is 0.816. The van der Waals surface area contributed by atoms with Gasteiger partial charge in [-0.2, -0.15) is 0 Å². The molecule has 0 spiro atoms. The highest BCUT2D eigenvalue weighted by Gasteiger charge is 2.23. The Labute approximate surface area is 109 Å². The lowest BCUT2D eigenvalue weighted by Crippen LogP contribution is -2.15. The molecule has 1 aliphatic rings. The highest BCUT2D eigenvalue weighted by atomic mass is 35.5. The molecule has 0 amide bonds. The van der Waals surface area contributed by atoms with Gasteiger partial charge in [0.15, 0.2) is 0 Å². The van der Waals surface area contributed by atoms with Gasteiger partial charge in [0, 0.05) is 10.4 Å². The van der Waals surface area contributed by atoms with E-state index in [-0.39, 0.29) is 5.41 Å². The van der Waals surface area contributed by atoms with Crippen molar-refractivity contribution in [2.24, 2.45) is 5.41 Å². The van der Waals surface area contributed by atoms with E-state index >= 15 is 0 Å². The van der Waals surface area contributed by atoms with Gasteiger partial charge in [-0.15, -0.1) is 0 Å². The molecule has 0 fully saturated rings. The van der Waals surface area contributed by atoms with Crippen molar-refractivity contribution >= 4 is 17.2 Å². The van der Waals surface area contributed by atoms with Crippen molar-refractivity contribution in [3.63, 3.8) is 0 Å². The van der Waals surface area contributed by atoms with Crippen molar-refractivity contribution in [3.05, 3.63) is 53.1 Å². The lowest BCUT2D eigenvalue weighted by Gasteiger charge is -2.29. The number of allylic oxidation sites excluding steroid dienone is 4. The van der Waals surface area contributed by atoms with Gasteiger partial charge in [0.25, 0.3) is 0 Å². The van der Waals surface area contributed by atoms with Gasteiger partial charge >= 0.3 is 0 Å². The van der Waals surface area contributed by atoms with E-state index in [9.17, 15) is 0 Å². The summed E-state index contributed by atoms with van der Waals surface area (Å²) in [6.07, 6.45) is 10.4. The molecule has 0 radical (unpaired) electrons. The fraction of sp³-hybridized carbons (Fsp3) is 0.375. The van der Waals surface area contributed by atoms with Gasteiger partial charge in [0.05, 0.1) is 0 Å². The molecule has 0 unspecified atom stereocenters. The highest BCUT2D eigenvalue weighted by molar-refractivity contribution is 6.30. The molecule has 1 aliphatic carbocycles. The van der Waals surface area contributed by atoms with Crippen LogP contribution in [0.5, 0.6) is 0 Å². The molecule has 0 atom stereocenters. The topological polar surface area (TPSA) is 0 Å². The summed E-state index contributed by atoms with van der Waals surface area (Å²) in [6, 6.07) is 8.16. The quantitative estimate of drug-likeness (QED) is 0.619. The van der Waals surface area contributed by atoms with Crippen LogP contribution in [0.1, 0.15) is 38.7 Å². The second-order valence-electron chi connectivity index (χ2n) is 4.73. The SMILES string of the molecule is CCC1(CC)C=CCC(c2cccc(Cl)c2)=C1. The van der Waals surface area contributed by atoms with Gasteiger partial charge in [-0.05, 0) is 42.5 Å². The molecule has 2 rings (SSSR count). The Balaban J connectivity index is 2.37. The summed E-state index contributed by atoms with van der Waals surface area (Å²) >= 11 is 6.06. The predicted molar refractivity (Wildman–Crippen MR) is 76.2 cm³/mol. The van der Waals surface area contributed by atoms with Gasteiger partial charge in [-0.25, -0.2) is 0 Å². The van der Waals surface area contributed by atoms with E-state index < -0.39 is 0 Å². The third kappa shape index (κ3) is 2.63. The number of hydrogen-bond acceptors (Lipinski definition) is 0. The standard InChI is InChI=1S/C16H19Cl/c1-3-16(4-2)10-6-8-14(12-16)13-7-5-9-15(17)11-13/h5-7,9-12H,3-4,8H2,1-2H3. The second kappa shape index (κ2) is 5.10. The Kier molecular flexibility index (Phi) is 3.73. The normalized spacial score (nSPS) is 17.9. The maximum atomic E-state index is 6.06. The van der Waals surface area contributed by atoms with Gasteiger partial charge in [0.1, 0.15) is 0 Å². The van der Waals surface area contributed by atoms with Gasteiger partial charge in [-0.1, -0.05) is 55.8 Å². The zero-order valence-electron chi connectivity index (χ0n) is 10.5. The van der Waals surface area contributed by atoms with Crippen LogP contribution in [0.25, 0.3) is 5.57 Å². The molecule has 1 aromatic rings. The Hall–Kier alpha value is -1.01. The molecule has 1 aromatic carbocycles. The van der Waals surface area contributed by atoms with Crippen molar-refractivity contribution < 1.29 is 0 Å². The van der Waals surface area contributed by atoms with Crippen LogP contribution < -0.4 is 0 Å². The largest absolute Gasteiger partial charge is 0.0843 e. The first-order valence-corrected chi connectivity index (χ1v) is 6.72. The minimum Gasteiger partial charge on any atom is -0.0843 e. The number of halogens is 1. The molecule has 1 heteroatoms. The Morgan fingerprint density at radius 1 is 1.24 bits per heavy atom. The number of hydrogen-bond donors (Lipinski definition) is 0. The Bertz CT molecular complexity index is 450. The summed E-state index contributed by atoms with van der Waals surface area (Å²) in [4.78, 5) is 0. The first-order chi connectivity index (χ1) is 8.19. The Morgan fingerprint density at radius 2 is 2.00 bits per heavy atom. The van der Waals surface area contributed by atoms with Gasteiger partial charge in [-0.3, -0.25) is 0 Å². The molecular formula is C16H19Cl. The first kappa shape index (κ1) is 12.4. The maximum Gasteiger partial charge on any atom is 0.0412 e. The summed E-state index contributed by atoms with van der Waals surface area (Å²) < 4.78 is 0. The van der Waals surface area contributed by atoms with Crippen LogP contribution in [0.15, 0.2) is 42.5 Å². The number of benzene rings is 1. The van der Waals surface area contributed by atoms with Crippen LogP contribution >= 0.6 is 11.6 Å². The summed E-state index contributed by atoms with van der Waals surface area (Å²) in [5.74, 6) is 0. The molecule has 0 aromatic heterocycles. The molecule has 17 heavy (non-hydrogen) atoms. The van der Waals surface area contributed by atoms with Crippen LogP contribution in [0.2, 0.25) is 5.02 Å². The van der Waals surface area contributed by atoms with Crippen molar-refractivity contribution in [1.29, 1.82) is 0 Å². The van der Waals surface area contributed by atoms with E-state index in [0.29, 0.717) is 0 Å². The molecule has 0 bridgehead atoms. The van der Waals surface area contributed by atoms with Crippen molar-refractivity contribution in [2.45, 2.75) is 33.1 Å². The van der Waals surface area contributed by atoms with Crippen molar-refractivity contribution in [1.82, 2.24) is 0 Å². The lowest BCUT2D eigenvalue weighted by atomic mass is 9.76. The molecule has 0 N–H and O–H groups in total. The smallest absolute Gasteiger partial charge is 0.0412 e. The van der Waals surface area contributed by atoms with Crippen LogP contribution in [0.3, 0.4) is 0 Å². The second-order valence-corrected chi connectivity index (χ2v) is 5.16. The minimum atomic E-state index is 0.246. The van der Waals surface area contributed by atoms with Crippen LogP contribution in [0, 0.1) is 5.41 Å². The van der Waals surface area contributed by atoms with E-state index in [1.165, 1.54) is 11.1 Å². The molecule has 90 valence electrons. The fourth-order valence-electron chi connectivity index (χ4n) is 2.45. The summed E-state index contributed by atoms with van der Waals surface area (Å²) in [5.41, 5.74) is 2.91. The van der Waals surface area contributed by atoms with Crippen LogP contribution in [-0.2, 0) is 0 Å². The van der Waals surface area contributed by atoms with E-state index in [4.69, 9.17) is 11.6 Å². The molecule has 0 heterocycles. The first-order valence-electron chi connectivity index (χ1n) is 6.34. The van der Waals surface area contributed by atoms with Crippen LogP contribution in [0.4, 0.5) is 0 Å². The van der Waals surface area contributed by atoms with Crippen molar-refractivity contribution in [2.75, 3.05) is 0 Å². The summed E-state index contributed by atoms with van der Waals surface area (Å²) in [6.45, 7) is 4.51. The van der Waals surface area contributed by atoms with Crippen LogP contribution in [-0.4, -0.2) is 0 Å². The molecular weight excluding hydrogens is 228 g/mol. The number of rotatable bonds is 3. The average molecular weight is 247 g/mol. The molecule has 0 saturated heterocycles. The summed E-state index contributed by atoms with van der Waals surface area (Å²) in [7, 11) is 0. The van der Waals surface area contributed by atoms with E-state index in [1.807, 2.05) is 12.1 Å². The zero-order valence-corrected chi connectivity index (χ0v) is 11.3. The third-order valence-electron chi connectivity index (χ3n) is 3.76. The predicted octanol–water partition coefficient (Wildman–Crippen LogP) is 5.49. The van der Waals surface area contributed by atoms with Gasteiger partial charge < -0.3 is 0 Å².